The zero-order chi connectivity index (χ0) is 13.7. The molecule has 1 aliphatic heterocycles. The Labute approximate surface area is 118 Å². The fourth-order valence-corrected chi connectivity index (χ4v) is 4.25. The smallest absolute Gasteiger partial charge is 0.274 e. The fraction of sp³-hybridized carbons (Fsp3) is 0.733. The number of aromatic nitrogens is 2. The Morgan fingerprint density at radius 1 is 1.30 bits per heavy atom. The minimum atomic E-state index is 0.132. The summed E-state index contributed by atoms with van der Waals surface area (Å²) in [6.45, 7) is 1.76. The first-order chi connectivity index (χ1) is 9.76. The van der Waals surface area contributed by atoms with Crippen LogP contribution in [0.15, 0.2) is 0 Å². The number of methoxy groups -OCH3 is 1. The second-order valence-electron chi connectivity index (χ2n) is 6.44. The Morgan fingerprint density at radius 3 is 2.75 bits per heavy atom. The zero-order valence-electron chi connectivity index (χ0n) is 11.9. The lowest BCUT2D eigenvalue weighted by Crippen LogP contribution is -2.31. The number of carbonyl (C=O) groups is 1. The van der Waals surface area contributed by atoms with Gasteiger partial charge in [-0.25, -0.2) is 0 Å². The van der Waals surface area contributed by atoms with Crippen molar-refractivity contribution in [1.82, 2.24) is 15.1 Å². The highest BCUT2D eigenvalue weighted by Crippen LogP contribution is 2.39. The summed E-state index contributed by atoms with van der Waals surface area (Å²) in [7, 11) is 1.79. The second-order valence-corrected chi connectivity index (χ2v) is 6.44. The van der Waals surface area contributed by atoms with Crippen LogP contribution in [-0.4, -0.2) is 47.3 Å². The van der Waals surface area contributed by atoms with Gasteiger partial charge in [0.1, 0.15) is 0 Å². The van der Waals surface area contributed by atoms with E-state index in [1.165, 1.54) is 11.3 Å². The highest BCUT2D eigenvalue weighted by molar-refractivity contribution is 5.94. The van der Waals surface area contributed by atoms with Gasteiger partial charge >= 0.3 is 0 Å². The highest BCUT2D eigenvalue weighted by atomic mass is 16.5. The van der Waals surface area contributed by atoms with Crippen LogP contribution < -0.4 is 0 Å². The summed E-state index contributed by atoms with van der Waals surface area (Å²) >= 11 is 0. The molecule has 2 heterocycles. The highest BCUT2D eigenvalue weighted by Gasteiger charge is 2.43. The number of likely N-dealkylation sites (tertiary alicyclic amines) is 1. The third-order valence-electron chi connectivity index (χ3n) is 5.34. The SMILES string of the molecule is COC1C[C@@H]2CN(C(=O)c3n[nH]c4c3CCC4)C[C@@H]2C1. The van der Waals surface area contributed by atoms with Crippen molar-refractivity contribution in [3.8, 4) is 0 Å². The van der Waals surface area contributed by atoms with E-state index in [1.807, 2.05) is 4.90 Å². The van der Waals surface area contributed by atoms with E-state index in [2.05, 4.69) is 10.2 Å². The van der Waals surface area contributed by atoms with Gasteiger partial charge in [-0.1, -0.05) is 0 Å². The van der Waals surface area contributed by atoms with Crippen molar-refractivity contribution in [2.75, 3.05) is 20.2 Å². The van der Waals surface area contributed by atoms with Crippen LogP contribution in [0, 0.1) is 11.8 Å². The van der Waals surface area contributed by atoms with Gasteiger partial charge in [0.25, 0.3) is 5.91 Å². The van der Waals surface area contributed by atoms with Gasteiger partial charge in [-0.15, -0.1) is 0 Å². The summed E-state index contributed by atoms with van der Waals surface area (Å²) in [6, 6.07) is 0. The summed E-state index contributed by atoms with van der Waals surface area (Å²) in [6.07, 6.45) is 5.78. The average Bonchev–Trinajstić information content (AvgIpc) is 3.16. The molecule has 1 N–H and O–H groups in total. The molecule has 1 saturated heterocycles. The third-order valence-corrected chi connectivity index (χ3v) is 5.34. The average molecular weight is 275 g/mol. The number of hydrogen-bond acceptors (Lipinski definition) is 3. The van der Waals surface area contributed by atoms with E-state index >= 15 is 0 Å². The van der Waals surface area contributed by atoms with Gasteiger partial charge in [0, 0.05) is 31.5 Å². The number of nitrogens with zero attached hydrogens (tertiary/aromatic N) is 2. The van der Waals surface area contributed by atoms with Crippen molar-refractivity contribution in [2.45, 2.75) is 38.2 Å². The molecule has 1 aromatic rings. The number of nitrogens with one attached hydrogen (secondary N) is 1. The predicted molar refractivity (Wildman–Crippen MR) is 73.5 cm³/mol. The van der Waals surface area contributed by atoms with Gasteiger partial charge < -0.3 is 9.64 Å². The van der Waals surface area contributed by atoms with Crippen LogP contribution in [0.5, 0.6) is 0 Å². The largest absolute Gasteiger partial charge is 0.381 e. The Balaban J connectivity index is 1.48. The Hall–Kier alpha value is -1.36. The van der Waals surface area contributed by atoms with Crippen LogP contribution in [0.3, 0.4) is 0 Å². The number of hydrogen-bond donors (Lipinski definition) is 1. The molecule has 5 nitrogen and oxygen atoms in total. The molecule has 0 bridgehead atoms. The van der Waals surface area contributed by atoms with Crippen LogP contribution in [0.2, 0.25) is 0 Å². The third kappa shape index (κ3) is 1.79. The van der Waals surface area contributed by atoms with E-state index < -0.39 is 0 Å². The fourth-order valence-electron chi connectivity index (χ4n) is 4.25. The van der Waals surface area contributed by atoms with Crippen LogP contribution in [0.4, 0.5) is 0 Å². The molecular formula is C15H21N3O2. The first kappa shape index (κ1) is 12.4. The minimum Gasteiger partial charge on any atom is -0.381 e. The van der Waals surface area contributed by atoms with E-state index in [0.717, 1.165) is 45.2 Å². The van der Waals surface area contributed by atoms with Crippen LogP contribution in [0.1, 0.15) is 41.0 Å². The van der Waals surface area contributed by atoms with Crippen molar-refractivity contribution in [1.29, 1.82) is 0 Å². The molecule has 0 spiro atoms. The van der Waals surface area contributed by atoms with E-state index in [4.69, 9.17) is 4.74 Å². The van der Waals surface area contributed by atoms with Crippen LogP contribution in [-0.2, 0) is 17.6 Å². The second kappa shape index (κ2) is 4.58. The normalized spacial score (nSPS) is 31.6. The number of amides is 1. The molecule has 1 aromatic heterocycles. The lowest BCUT2D eigenvalue weighted by atomic mass is 10.0. The topological polar surface area (TPSA) is 58.2 Å². The van der Waals surface area contributed by atoms with Crippen molar-refractivity contribution in [3.63, 3.8) is 0 Å². The Morgan fingerprint density at radius 2 is 2.05 bits per heavy atom. The number of rotatable bonds is 2. The van der Waals surface area contributed by atoms with E-state index in [-0.39, 0.29) is 5.91 Å². The quantitative estimate of drug-likeness (QED) is 0.887. The number of aromatic amines is 1. The number of fused-ring (bicyclic) bond motifs is 2. The van der Waals surface area contributed by atoms with Crippen LogP contribution >= 0.6 is 0 Å². The van der Waals surface area contributed by atoms with Gasteiger partial charge in [0.05, 0.1) is 6.10 Å². The molecule has 0 radical (unpaired) electrons. The molecule has 2 aliphatic carbocycles. The molecule has 1 saturated carbocycles. The Kier molecular flexibility index (Phi) is 2.84. The van der Waals surface area contributed by atoms with E-state index in [0.29, 0.717) is 23.6 Å². The maximum atomic E-state index is 12.7. The molecule has 20 heavy (non-hydrogen) atoms. The molecule has 1 unspecified atom stereocenters. The van der Waals surface area contributed by atoms with Crippen molar-refractivity contribution < 1.29 is 9.53 Å². The lowest BCUT2D eigenvalue weighted by Gasteiger charge is -2.18. The molecule has 3 atom stereocenters. The van der Waals surface area contributed by atoms with E-state index in [9.17, 15) is 4.79 Å². The maximum Gasteiger partial charge on any atom is 0.274 e. The van der Waals surface area contributed by atoms with Gasteiger partial charge in [-0.2, -0.15) is 5.10 Å². The van der Waals surface area contributed by atoms with Crippen molar-refractivity contribution >= 4 is 5.91 Å². The molecule has 5 heteroatoms. The summed E-state index contributed by atoms with van der Waals surface area (Å²) in [5.74, 6) is 1.37. The summed E-state index contributed by atoms with van der Waals surface area (Å²) in [5, 5.41) is 7.31. The van der Waals surface area contributed by atoms with Crippen molar-refractivity contribution in [3.05, 3.63) is 17.0 Å². The van der Waals surface area contributed by atoms with Gasteiger partial charge in [0.2, 0.25) is 0 Å². The summed E-state index contributed by atoms with van der Waals surface area (Å²) in [5.41, 5.74) is 3.02. The van der Waals surface area contributed by atoms with Gasteiger partial charge in [0.15, 0.2) is 5.69 Å². The van der Waals surface area contributed by atoms with E-state index in [1.54, 1.807) is 7.11 Å². The molecule has 4 rings (SSSR count). The molecule has 108 valence electrons. The summed E-state index contributed by atoms with van der Waals surface area (Å²) in [4.78, 5) is 14.7. The number of ether oxygens (including phenoxy) is 1. The first-order valence-electron chi connectivity index (χ1n) is 7.64. The number of H-pyrrole nitrogens is 1. The van der Waals surface area contributed by atoms with Gasteiger partial charge in [-0.3, -0.25) is 9.89 Å². The minimum absolute atomic E-state index is 0.132. The molecule has 0 aromatic carbocycles. The predicted octanol–water partition coefficient (Wildman–Crippen LogP) is 1.40. The Bertz CT molecular complexity index is 525. The van der Waals surface area contributed by atoms with Crippen LogP contribution in [0.25, 0.3) is 0 Å². The molecule has 2 fully saturated rings. The molecule has 3 aliphatic rings. The monoisotopic (exact) mass is 275 g/mol. The standard InChI is InChI=1S/C15H21N3O2/c1-20-11-5-9-7-18(8-10(9)6-11)15(19)14-12-3-2-4-13(12)16-17-14/h9-11H,2-8H2,1H3,(H,16,17)/t9-,10+,11?. The zero-order valence-corrected chi connectivity index (χ0v) is 11.9. The number of aryl methyl sites for hydroxylation is 1. The number of carbonyl (C=O) groups excluding carboxylic acids is 1. The first-order valence-corrected chi connectivity index (χ1v) is 7.64. The summed E-state index contributed by atoms with van der Waals surface area (Å²) < 4.78 is 5.46. The molecule has 1 amide bonds. The lowest BCUT2D eigenvalue weighted by molar-refractivity contribution is 0.0725. The maximum absolute atomic E-state index is 12.7. The van der Waals surface area contributed by atoms with Crippen molar-refractivity contribution in [2.24, 2.45) is 11.8 Å². The van der Waals surface area contributed by atoms with Gasteiger partial charge in [-0.05, 0) is 43.9 Å². The molecular weight excluding hydrogens is 254 g/mol.